The molecule has 0 unspecified atom stereocenters. The summed E-state index contributed by atoms with van der Waals surface area (Å²) in [5.41, 5.74) is 3.11. The maximum atomic E-state index is 12.1. The molecule has 3 aromatic rings. The van der Waals surface area contributed by atoms with E-state index in [1.807, 2.05) is 42.3 Å². The summed E-state index contributed by atoms with van der Waals surface area (Å²) < 4.78 is 0. The molecule has 1 aliphatic heterocycles. The van der Waals surface area contributed by atoms with Crippen molar-refractivity contribution in [1.82, 2.24) is 19.9 Å². The van der Waals surface area contributed by atoms with Gasteiger partial charge in [-0.2, -0.15) is 0 Å². The van der Waals surface area contributed by atoms with E-state index in [2.05, 4.69) is 28.7 Å². The highest BCUT2D eigenvalue weighted by molar-refractivity contribution is 6.01. The van der Waals surface area contributed by atoms with E-state index in [0.717, 1.165) is 41.2 Å². The first-order valence-corrected chi connectivity index (χ1v) is 10.4. The molecule has 30 heavy (non-hydrogen) atoms. The molecule has 156 valence electrons. The first-order valence-electron chi connectivity index (χ1n) is 10.4. The molecule has 0 bridgehead atoms. The van der Waals surface area contributed by atoms with Gasteiger partial charge in [-0.3, -0.25) is 9.59 Å². The summed E-state index contributed by atoms with van der Waals surface area (Å²) in [6.45, 7) is 9.11. The van der Waals surface area contributed by atoms with Crippen molar-refractivity contribution in [2.75, 3.05) is 18.0 Å². The number of anilines is 1. The molecule has 0 radical (unpaired) electrons. The second-order valence-electron chi connectivity index (χ2n) is 8.01. The highest BCUT2D eigenvalue weighted by atomic mass is 16.2. The van der Waals surface area contributed by atoms with Crippen molar-refractivity contribution in [3.05, 3.63) is 42.2 Å². The molecule has 7 nitrogen and oxygen atoms in total. The lowest BCUT2D eigenvalue weighted by Gasteiger charge is -2.44. The molecule has 0 saturated carbocycles. The van der Waals surface area contributed by atoms with Crippen LogP contribution >= 0.6 is 0 Å². The fourth-order valence-electron chi connectivity index (χ4n) is 4.45. The van der Waals surface area contributed by atoms with Crippen molar-refractivity contribution in [2.45, 2.75) is 46.2 Å². The summed E-state index contributed by atoms with van der Waals surface area (Å²) in [7, 11) is 0. The maximum absolute atomic E-state index is 12.1. The molecule has 7 heteroatoms. The Bertz CT molecular complexity index is 1090. The SMILES string of the molecule is CCC(=O)c1cnc2[nH]cc(-c3cccc(N4C[C@@H](C)N(C(C)=O)[C@@H](C)C4)n3)c2c1. The summed E-state index contributed by atoms with van der Waals surface area (Å²) in [6, 6.07) is 8.11. The predicted molar refractivity (Wildman–Crippen MR) is 118 cm³/mol. The van der Waals surface area contributed by atoms with Crippen LogP contribution in [0.2, 0.25) is 0 Å². The number of nitrogens with one attached hydrogen (secondary N) is 1. The third-order valence-corrected chi connectivity index (χ3v) is 5.79. The van der Waals surface area contributed by atoms with Crippen LogP contribution < -0.4 is 4.90 Å². The van der Waals surface area contributed by atoms with Gasteiger partial charge >= 0.3 is 0 Å². The fourth-order valence-corrected chi connectivity index (χ4v) is 4.45. The van der Waals surface area contributed by atoms with Crippen molar-refractivity contribution < 1.29 is 9.59 Å². The van der Waals surface area contributed by atoms with Crippen molar-refractivity contribution in [2.24, 2.45) is 0 Å². The third kappa shape index (κ3) is 3.56. The number of hydrogen-bond donors (Lipinski definition) is 1. The molecule has 3 aromatic heterocycles. The molecule has 0 spiro atoms. The zero-order valence-electron chi connectivity index (χ0n) is 17.8. The first-order chi connectivity index (χ1) is 14.4. The van der Waals surface area contributed by atoms with Gasteiger partial charge in [-0.1, -0.05) is 13.0 Å². The average Bonchev–Trinajstić information content (AvgIpc) is 3.15. The van der Waals surface area contributed by atoms with Gasteiger partial charge in [0.1, 0.15) is 11.5 Å². The van der Waals surface area contributed by atoms with Gasteiger partial charge in [0.25, 0.3) is 0 Å². The van der Waals surface area contributed by atoms with Gasteiger partial charge < -0.3 is 14.8 Å². The van der Waals surface area contributed by atoms with Gasteiger partial charge in [0.15, 0.2) is 5.78 Å². The Labute approximate surface area is 176 Å². The second kappa shape index (κ2) is 7.89. The minimum Gasteiger partial charge on any atom is -0.352 e. The number of carbonyl (C=O) groups is 2. The summed E-state index contributed by atoms with van der Waals surface area (Å²) in [6.07, 6.45) is 3.96. The quantitative estimate of drug-likeness (QED) is 0.670. The Balaban J connectivity index is 1.68. The molecule has 1 fully saturated rings. The van der Waals surface area contributed by atoms with E-state index in [9.17, 15) is 9.59 Å². The number of nitrogens with zero attached hydrogens (tertiary/aromatic N) is 4. The number of hydrogen-bond acceptors (Lipinski definition) is 5. The molecule has 0 aliphatic carbocycles. The van der Waals surface area contributed by atoms with Crippen LogP contribution in [0.25, 0.3) is 22.3 Å². The largest absolute Gasteiger partial charge is 0.352 e. The fraction of sp³-hybridized carbons (Fsp3) is 0.391. The highest BCUT2D eigenvalue weighted by Gasteiger charge is 2.31. The Morgan fingerprint density at radius 3 is 2.60 bits per heavy atom. The zero-order chi connectivity index (χ0) is 21.4. The van der Waals surface area contributed by atoms with Crippen LogP contribution in [0.1, 0.15) is 44.5 Å². The molecular weight excluding hydrogens is 378 g/mol. The summed E-state index contributed by atoms with van der Waals surface area (Å²) in [5, 5.41) is 0.891. The Kier molecular flexibility index (Phi) is 5.28. The molecule has 4 rings (SSSR count). The Morgan fingerprint density at radius 1 is 1.20 bits per heavy atom. The van der Waals surface area contributed by atoms with Crippen LogP contribution in [0.3, 0.4) is 0 Å². The molecule has 4 heterocycles. The van der Waals surface area contributed by atoms with Gasteiger partial charge in [-0.05, 0) is 32.0 Å². The van der Waals surface area contributed by atoms with Gasteiger partial charge in [0.05, 0.1) is 5.69 Å². The summed E-state index contributed by atoms with van der Waals surface area (Å²) in [4.78, 5) is 40.7. The highest BCUT2D eigenvalue weighted by Crippen LogP contribution is 2.29. The molecule has 0 aromatic carbocycles. The number of aromatic nitrogens is 3. The lowest BCUT2D eigenvalue weighted by atomic mass is 10.1. The number of Topliss-reactive ketones (excluding diaryl/α,β-unsaturated/α-hetero) is 1. The first kappa shape index (κ1) is 20.1. The lowest BCUT2D eigenvalue weighted by Crippen LogP contribution is -2.58. The normalized spacial score (nSPS) is 19.3. The molecule has 1 amide bonds. The van der Waals surface area contributed by atoms with Crippen molar-refractivity contribution in [3.63, 3.8) is 0 Å². The number of amides is 1. The Morgan fingerprint density at radius 2 is 1.93 bits per heavy atom. The molecule has 1 aliphatic rings. The molecule has 1 saturated heterocycles. The van der Waals surface area contributed by atoms with E-state index in [1.165, 1.54) is 0 Å². The van der Waals surface area contributed by atoms with Gasteiger partial charge in [0, 0.05) is 67.4 Å². The third-order valence-electron chi connectivity index (χ3n) is 5.79. The number of piperazine rings is 1. The van der Waals surface area contributed by atoms with Crippen LogP contribution in [-0.4, -0.2) is 56.7 Å². The average molecular weight is 406 g/mol. The van der Waals surface area contributed by atoms with Crippen LogP contribution in [0.15, 0.2) is 36.7 Å². The smallest absolute Gasteiger partial charge is 0.220 e. The molecule has 1 N–H and O–H groups in total. The topological polar surface area (TPSA) is 82.2 Å². The van der Waals surface area contributed by atoms with E-state index >= 15 is 0 Å². The van der Waals surface area contributed by atoms with Gasteiger partial charge in [0.2, 0.25) is 5.91 Å². The maximum Gasteiger partial charge on any atom is 0.220 e. The number of fused-ring (bicyclic) bond motifs is 1. The van der Waals surface area contributed by atoms with E-state index in [4.69, 9.17) is 4.98 Å². The van der Waals surface area contributed by atoms with Gasteiger partial charge in [-0.25, -0.2) is 9.97 Å². The minimum absolute atomic E-state index is 0.0737. The second-order valence-corrected chi connectivity index (χ2v) is 8.01. The van der Waals surface area contributed by atoms with E-state index in [0.29, 0.717) is 12.0 Å². The number of carbonyl (C=O) groups excluding carboxylic acids is 2. The lowest BCUT2D eigenvalue weighted by molar-refractivity contribution is -0.133. The van der Waals surface area contributed by atoms with Crippen LogP contribution in [-0.2, 0) is 4.79 Å². The summed E-state index contributed by atoms with van der Waals surface area (Å²) >= 11 is 0. The van der Waals surface area contributed by atoms with Crippen LogP contribution in [0.4, 0.5) is 5.82 Å². The van der Waals surface area contributed by atoms with Crippen LogP contribution in [0, 0.1) is 0 Å². The number of pyridine rings is 2. The van der Waals surface area contributed by atoms with E-state index in [-0.39, 0.29) is 23.8 Å². The van der Waals surface area contributed by atoms with E-state index in [1.54, 1.807) is 13.1 Å². The Hall–Kier alpha value is -3.22. The molecule has 2 atom stereocenters. The number of aromatic amines is 1. The van der Waals surface area contributed by atoms with E-state index < -0.39 is 0 Å². The number of ketones is 1. The molecular formula is C23H27N5O2. The number of H-pyrrole nitrogens is 1. The standard InChI is InChI=1S/C23H27N5O2/c1-5-21(30)17-9-18-19(11-25-23(18)24-10-17)20-7-6-8-22(26-20)27-12-14(2)28(16(4)29)15(3)13-27/h6-11,14-15H,5,12-13H2,1-4H3,(H,24,25)/t14-,15+. The van der Waals surface area contributed by atoms with Crippen molar-refractivity contribution in [3.8, 4) is 11.3 Å². The minimum atomic E-state index is 0.0737. The van der Waals surface area contributed by atoms with Crippen LogP contribution in [0.5, 0.6) is 0 Å². The number of rotatable bonds is 4. The van der Waals surface area contributed by atoms with Crippen molar-refractivity contribution >= 4 is 28.5 Å². The predicted octanol–water partition coefficient (Wildman–Crippen LogP) is 3.66. The summed E-state index contributed by atoms with van der Waals surface area (Å²) in [5.74, 6) is 1.07. The van der Waals surface area contributed by atoms with Crippen molar-refractivity contribution in [1.29, 1.82) is 0 Å². The monoisotopic (exact) mass is 405 g/mol. The van der Waals surface area contributed by atoms with Gasteiger partial charge in [-0.15, -0.1) is 0 Å². The zero-order valence-corrected chi connectivity index (χ0v) is 17.8.